The zero-order valence-electron chi connectivity index (χ0n) is 15.2. The number of para-hydroxylation sites is 1. The molecule has 0 bridgehead atoms. The highest BCUT2D eigenvalue weighted by molar-refractivity contribution is 5.58. The summed E-state index contributed by atoms with van der Waals surface area (Å²) in [5.41, 5.74) is 1.55. The molecule has 1 fully saturated rings. The molecule has 1 aromatic carbocycles. The third kappa shape index (κ3) is 3.64. The molecule has 4 rings (SSSR count). The van der Waals surface area contributed by atoms with Crippen molar-refractivity contribution in [3.63, 3.8) is 0 Å². The highest BCUT2D eigenvalue weighted by Gasteiger charge is 2.20. The Morgan fingerprint density at radius 1 is 1.22 bits per heavy atom. The van der Waals surface area contributed by atoms with Gasteiger partial charge in [-0.15, -0.1) is 0 Å². The Morgan fingerprint density at radius 3 is 2.81 bits per heavy atom. The second-order valence-corrected chi connectivity index (χ2v) is 6.55. The molecule has 140 valence electrons. The fourth-order valence-corrected chi connectivity index (χ4v) is 3.34. The van der Waals surface area contributed by atoms with E-state index in [1.54, 1.807) is 27.8 Å². The van der Waals surface area contributed by atoms with Crippen molar-refractivity contribution >= 4 is 0 Å². The van der Waals surface area contributed by atoms with Crippen molar-refractivity contribution in [1.82, 2.24) is 19.6 Å². The van der Waals surface area contributed by atoms with Crippen molar-refractivity contribution in [3.05, 3.63) is 59.0 Å². The fraction of sp³-hybridized carbons (Fsp3) is 0.350. The molecule has 7 heteroatoms. The van der Waals surface area contributed by atoms with Crippen molar-refractivity contribution in [2.45, 2.75) is 31.9 Å². The minimum Gasteiger partial charge on any atom is -0.491 e. The fourth-order valence-electron chi connectivity index (χ4n) is 3.34. The number of rotatable bonds is 5. The number of hydrogen-bond donors (Lipinski definition) is 0. The zero-order valence-corrected chi connectivity index (χ0v) is 15.2. The predicted octanol–water partition coefficient (Wildman–Crippen LogP) is 2.67. The van der Waals surface area contributed by atoms with E-state index in [1.165, 1.54) is 7.11 Å². The van der Waals surface area contributed by atoms with Crippen molar-refractivity contribution in [2.24, 2.45) is 0 Å². The predicted molar refractivity (Wildman–Crippen MR) is 101 cm³/mol. The molecule has 3 aromatic rings. The maximum Gasteiger partial charge on any atom is 0.251 e. The van der Waals surface area contributed by atoms with Crippen LogP contribution in [0.3, 0.4) is 0 Å². The monoisotopic (exact) mass is 366 g/mol. The Balaban J connectivity index is 1.75. The van der Waals surface area contributed by atoms with Gasteiger partial charge in [-0.25, -0.2) is 4.68 Å². The van der Waals surface area contributed by atoms with Crippen LogP contribution in [-0.2, 0) is 11.3 Å². The first kappa shape index (κ1) is 17.5. The van der Waals surface area contributed by atoms with Crippen molar-refractivity contribution in [3.8, 4) is 22.8 Å². The minimum absolute atomic E-state index is 0.102. The van der Waals surface area contributed by atoms with E-state index in [4.69, 9.17) is 9.47 Å². The van der Waals surface area contributed by atoms with E-state index in [0.29, 0.717) is 17.9 Å². The summed E-state index contributed by atoms with van der Waals surface area (Å²) >= 11 is 0. The average molecular weight is 366 g/mol. The van der Waals surface area contributed by atoms with Crippen LogP contribution in [0.5, 0.6) is 5.75 Å². The summed E-state index contributed by atoms with van der Waals surface area (Å²) in [7, 11) is 1.50. The van der Waals surface area contributed by atoms with Crippen molar-refractivity contribution in [1.29, 1.82) is 0 Å². The molecule has 1 aliphatic heterocycles. The summed E-state index contributed by atoms with van der Waals surface area (Å²) in [5.74, 6) is 0.261. The van der Waals surface area contributed by atoms with Gasteiger partial charge in [-0.1, -0.05) is 18.2 Å². The van der Waals surface area contributed by atoms with Gasteiger partial charge in [0.05, 0.1) is 43.5 Å². The normalized spacial score (nSPS) is 17.0. The third-order valence-corrected chi connectivity index (χ3v) is 4.70. The van der Waals surface area contributed by atoms with E-state index in [1.807, 2.05) is 30.3 Å². The second kappa shape index (κ2) is 7.75. The van der Waals surface area contributed by atoms with Crippen LogP contribution in [0.2, 0.25) is 0 Å². The van der Waals surface area contributed by atoms with Gasteiger partial charge in [0, 0.05) is 6.61 Å². The molecular formula is C20H22N4O3. The molecule has 0 spiro atoms. The number of hydrogen-bond acceptors (Lipinski definition) is 5. The Morgan fingerprint density at radius 2 is 2.07 bits per heavy atom. The van der Waals surface area contributed by atoms with Gasteiger partial charge in [-0.2, -0.15) is 10.2 Å². The third-order valence-electron chi connectivity index (χ3n) is 4.70. The number of nitrogens with zero attached hydrogens (tertiary/aromatic N) is 4. The van der Waals surface area contributed by atoms with Crippen LogP contribution in [0.1, 0.15) is 19.3 Å². The minimum atomic E-state index is -0.254. The smallest absolute Gasteiger partial charge is 0.251 e. The van der Waals surface area contributed by atoms with Crippen LogP contribution in [0.15, 0.2) is 53.6 Å². The first-order valence-electron chi connectivity index (χ1n) is 9.13. The number of aromatic nitrogens is 4. The lowest BCUT2D eigenvalue weighted by Gasteiger charge is -2.23. The molecule has 0 amide bonds. The SMILES string of the molecule is COc1cn(CC2CCCCO2)nc(-c2ccnn2-c2ccccc2)c1=O. The van der Waals surface area contributed by atoms with E-state index in [0.717, 1.165) is 31.6 Å². The Labute approximate surface area is 157 Å². The molecule has 1 aliphatic rings. The van der Waals surface area contributed by atoms with Crippen LogP contribution in [0.25, 0.3) is 17.1 Å². The lowest BCUT2D eigenvalue weighted by molar-refractivity contribution is 0.00367. The highest BCUT2D eigenvalue weighted by atomic mass is 16.5. The Kier molecular flexibility index (Phi) is 5.02. The summed E-state index contributed by atoms with van der Waals surface area (Å²) in [6.45, 7) is 1.36. The lowest BCUT2D eigenvalue weighted by atomic mass is 10.1. The van der Waals surface area contributed by atoms with Gasteiger partial charge in [-0.3, -0.25) is 9.48 Å². The molecule has 1 atom stereocenters. The molecule has 0 N–H and O–H groups in total. The van der Waals surface area contributed by atoms with E-state index in [-0.39, 0.29) is 17.3 Å². The summed E-state index contributed by atoms with van der Waals surface area (Å²) in [4.78, 5) is 12.9. The standard InChI is InChI=1S/C20H22N4O3/c1-26-18-14-23(13-16-9-5-6-12-27-16)22-19(20(18)25)17-10-11-21-24(17)15-7-3-2-4-8-15/h2-4,7-8,10-11,14,16H,5-6,9,12-13H2,1H3. The quantitative estimate of drug-likeness (QED) is 0.694. The molecule has 0 aliphatic carbocycles. The van der Waals surface area contributed by atoms with Gasteiger partial charge in [0.25, 0.3) is 5.43 Å². The van der Waals surface area contributed by atoms with Crippen LogP contribution in [0.4, 0.5) is 0 Å². The van der Waals surface area contributed by atoms with E-state index >= 15 is 0 Å². The molecular weight excluding hydrogens is 344 g/mol. The van der Waals surface area contributed by atoms with E-state index in [9.17, 15) is 4.79 Å². The molecule has 1 unspecified atom stereocenters. The molecule has 2 aromatic heterocycles. The number of benzene rings is 1. The first-order valence-corrected chi connectivity index (χ1v) is 9.13. The van der Waals surface area contributed by atoms with Gasteiger partial charge >= 0.3 is 0 Å². The van der Waals surface area contributed by atoms with Crippen LogP contribution in [-0.4, -0.2) is 39.4 Å². The van der Waals surface area contributed by atoms with Crippen LogP contribution in [0, 0.1) is 0 Å². The summed E-state index contributed by atoms with van der Waals surface area (Å²) in [6, 6.07) is 11.5. The van der Waals surface area contributed by atoms with Gasteiger partial charge in [0.1, 0.15) is 0 Å². The molecule has 0 radical (unpaired) electrons. The summed E-state index contributed by atoms with van der Waals surface area (Å²) in [5, 5.41) is 8.95. The van der Waals surface area contributed by atoms with Crippen molar-refractivity contribution < 1.29 is 9.47 Å². The highest BCUT2D eigenvalue weighted by Crippen LogP contribution is 2.20. The van der Waals surface area contributed by atoms with Crippen LogP contribution >= 0.6 is 0 Å². The largest absolute Gasteiger partial charge is 0.491 e. The number of ether oxygens (including phenoxy) is 2. The maximum atomic E-state index is 12.9. The topological polar surface area (TPSA) is 71.2 Å². The molecule has 0 saturated carbocycles. The van der Waals surface area contributed by atoms with Crippen LogP contribution < -0.4 is 10.2 Å². The van der Waals surface area contributed by atoms with Gasteiger partial charge < -0.3 is 9.47 Å². The molecule has 3 heterocycles. The van der Waals surface area contributed by atoms with E-state index < -0.39 is 0 Å². The number of methoxy groups -OCH3 is 1. The molecule has 7 nitrogen and oxygen atoms in total. The Hall–Kier alpha value is -2.93. The zero-order chi connectivity index (χ0) is 18.6. The Bertz CT molecular complexity index is 959. The summed E-state index contributed by atoms with van der Waals surface area (Å²) < 4.78 is 14.6. The first-order chi connectivity index (χ1) is 13.3. The molecule has 1 saturated heterocycles. The average Bonchev–Trinajstić information content (AvgIpc) is 3.20. The lowest BCUT2D eigenvalue weighted by Crippen LogP contribution is -2.27. The van der Waals surface area contributed by atoms with Gasteiger partial charge in [0.2, 0.25) is 0 Å². The van der Waals surface area contributed by atoms with Crippen molar-refractivity contribution in [2.75, 3.05) is 13.7 Å². The molecule has 27 heavy (non-hydrogen) atoms. The van der Waals surface area contributed by atoms with Gasteiger partial charge in [-0.05, 0) is 37.5 Å². The summed E-state index contributed by atoms with van der Waals surface area (Å²) in [6.07, 6.45) is 6.65. The van der Waals surface area contributed by atoms with Gasteiger partial charge in [0.15, 0.2) is 11.4 Å². The second-order valence-electron chi connectivity index (χ2n) is 6.55. The maximum absolute atomic E-state index is 12.9. The van der Waals surface area contributed by atoms with E-state index in [2.05, 4.69) is 10.2 Å².